The summed E-state index contributed by atoms with van der Waals surface area (Å²) < 4.78 is 5.88. The molecule has 1 aromatic carbocycles. The SMILES string of the molecule is CCC(CO)N1CCN(Cc2ncc(-c3ccc(Cl)cc3)o2)CC1. The van der Waals surface area contributed by atoms with Gasteiger partial charge in [0.1, 0.15) is 0 Å². The van der Waals surface area contributed by atoms with Crippen LogP contribution in [-0.2, 0) is 6.54 Å². The van der Waals surface area contributed by atoms with Crippen LogP contribution < -0.4 is 0 Å². The first kappa shape index (κ1) is 17.4. The highest BCUT2D eigenvalue weighted by atomic mass is 35.5. The molecule has 0 amide bonds. The Balaban J connectivity index is 1.55. The van der Waals surface area contributed by atoms with Crippen LogP contribution in [0.2, 0.25) is 5.02 Å². The molecule has 3 rings (SSSR count). The molecular formula is C18H24ClN3O2. The monoisotopic (exact) mass is 349 g/mol. The smallest absolute Gasteiger partial charge is 0.209 e. The van der Waals surface area contributed by atoms with Gasteiger partial charge in [0.2, 0.25) is 5.89 Å². The number of nitrogens with zero attached hydrogens (tertiary/aromatic N) is 3. The topological polar surface area (TPSA) is 52.7 Å². The molecule has 0 bridgehead atoms. The third-order valence-corrected chi connectivity index (χ3v) is 4.90. The Morgan fingerprint density at radius 2 is 1.92 bits per heavy atom. The second-order valence-corrected chi connectivity index (χ2v) is 6.62. The first-order chi connectivity index (χ1) is 11.7. The van der Waals surface area contributed by atoms with Crippen molar-refractivity contribution in [1.82, 2.24) is 14.8 Å². The highest BCUT2D eigenvalue weighted by molar-refractivity contribution is 6.30. The molecule has 0 radical (unpaired) electrons. The summed E-state index contributed by atoms with van der Waals surface area (Å²) in [6.45, 7) is 6.97. The van der Waals surface area contributed by atoms with Gasteiger partial charge in [0.05, 0.1) is 19.3 Å². The Bertz CT molecular complexity index is 632. The molecule has 5 nitrogen and oxygen atoms in total. The van der Waals surface area contributed by atoms with E-state index in [1.165, 1.54) is 0 Å². The lowest BCUT2D eigenvalue weighted by Crippen LogP contribution is -2.50. The number of aliphatic hydroxyl groups excluding tert-OH is 1. The summed E-state index contributed by atoms with van der Waals surface area (Å²) >= 11 is 5.92. The van der Waals surface area contributed by atoms with Gasteiger partial charge in [-0.3, -0.25) is 9.80 Å². The lowest BCUT2D eigenvalue weighted by Gasteiger charge is -2.37. The first-order valence-electron chi connectivity index (χ1n) is 8.47. The number of oxazole rings is 1. The fourth-order valence-corrected chi connectivity index (χ4v) is 3.24. The number of hydrogen-bond donors (Lipinski definition) is 1. The fraction of sp³-hybridized carbons (Fsp3) is 0.500. The molecule has 0 aliphatic carbocycles. The second-order valence-electron chi connectivity index (χ2n) is 6.18. The minimum atomic E-state index is 0.237. The fourth-order valence-electron chi connectivity index (χ4n) is 3.11. The molecule has 1 aliphatic heterocycles. The van der Waals surface area contributed by atoms with Crippen LogP contribution in [0.15, 0.2) is 34.9 Å². The van der Waals surface area contributed by atoms with Crippen LogP contribution >= 0.6 is 11.6 Å². The molecular weight excluding hydrogens is 326 g/mol. The van der Waals surface area contributed by atoms with Gasteiger partial charge in [-0.2, -0.15) is 0 Å². The van der Waals surface area contributed by atoms with Crippen molar-refractivity contribution in [3.63, 3.8) is 0 Å². The predicted octanol–water partition coefficient (Wildman–Crippen LogP) is 2.88. The van der Waals surface area contributed by atoms with Crippen molar-refractivity contribution in [2.24, 2.45) is 0 Å². The average Bonchev–Trinajstić information content (AvgIpc) is 3.06. The van der Waals surface area contributed by atoms with Crippen LogP contribution in [0.4, 0.5) is 0 Å². The molecule has 1 unspecified atom stereocenters. The van der Waals surface area contributed by atoms with E-state index in [0.717, 1.165) is 56.4 Å². The minimum Gasteiger partial charge on any atom is -0.439 e. The molecule has 1 N–H and O–H groups in total. The van der Waals surface area contributed by atoms with E-state index in [-0.39, 0.29) is 12.6 Å². The van der Waals surface area contributed by atoms with Crippen molar-refractivity contribution in [1.29, 1.82) is 0 Å². The number of aliphatic hydroxyl groups is 1. The quantitative estimate of drug-likeness (QED) is 0.869. The van der Waals surface area contributed by atoms with Crippen molar-refractivity contribution in [3.8, 4) is 11.3 Å². The number of aromatic nitrogens is 1. The molecule has 2 heterocycles. The normalized spacial score (nSPS) is 18.0. The molecule has 2 aromatic rings. The Morgan fingerprint density at radius 3 is 2.54 bits per heavy atom. The molecule has 1 aliphatic rings. The molecule has 1 fully saturated rings. The zero-order valence-corrected chi connectivity index (χ0v) is 14.7. The lowest BCUT2D eigenvalue weighted by molar-refractivity contribution is 0.0577. The summed E-state index contributed by atoms with van der Waals surface area (Å²) in [7, 11) is 0. The number of hydrogen-bond acceptors (Lipinski definition) is 5. The van der Waals surface area contributed by atoms with E-state index >= 15 is 0 Å². The molecule has 1 atom stereocenters. The van der Waals surface area contributed by atoms with Crippen LogP contribution in [0.3, 0.4) is 0 Å². The van der Waals surface area contributed by atoms with Gasteiger partial charge in [0, 0.05) is 42.8 Å². The first-order valence-corrected chi connectivity index (χ1v) is 8.85. The second kappa shape index (κ2) is 8.12. The van der Waals surface area contributed by atoms with Crippen molar-refractivity contribution in [3.05, 3.63) is 41.4 Å². The summed E-state index contributed by atoms with van der Waals surface area (Å²) in [5.41, 5.74) is 0.983. The average molecular weight is 350 g/mol. The summed E-state index contributed by atoms with van der Waals surface area (Å²) in [4.78, 5) is 9.11. The Labute approximate surface area is 147 Å². The Hall–Kier alpha value is -1.40. The summed E-state index contributed by atoms with van der Waals surface area (Å²) in [6, 6.07) is 7.86. The van der Waals surface area contributed by atoms with E-state index in [0.29, 0.717) is 5.02 Å². The summed E-state index contributed by atoms with van der Waals surface area (Å²) in [5, 5.41) is 10.1. The minimum absolute atomic E-state index is 0.237. The summed E-state index contributed by atoms with van der Waals surface area (Å²) in [5.74, 6) is 1.51. The zero-order valence-electron chi connectivity index (χ0n) is 14.0. The van der Waals surface area contributed by atoms with Crippen molar-refractivity contribution >= 4 is 11.6 Å². The Morgan fingerprint density at radius 1 is 1.21 bits per heavy atom. The van der Waals surface area contributed by atoms with E-state index in [1.54, 1.807) is 6.20 Å². The predicted molar refractivity (Wildman–Crippen MR) is 95.0 cm³/mol. The van der Waals surface area contributed by atoms with Crippen LogP contribution in [0.1, 0.15) is 19.2 Å². The molecule has 130 valence electrons. The van der Waals surface area contributed by atoms with Crippen LogP contribution in [0, 0.1) is 0 Å². The number of benzene rings is 1. The van der Waals surface area contributed by atoms with E-state index in [9.17, 15) is 5.11 Å². The van der Waals surface area contributed by atoms with Gasteiger partial charge in [-0.1, -0.05) is 18.5 Å². The summed E-state index contributed by atoms with van der Waals surface area (Å²) in [6.07, 6.45) is 2.76. The zero-order chi connectivity index (χ0) is 16.9. The number of piperazine rings is 1. The third-order valence-electron chi connectivity index (χ3n) is 4.65. The van der Waals surface area contributed by atoms with Crippen molar-refractivity contribution in [2.45, 2.75) is 25.9 Å². The van der Waals surface area contributed by atoms with Crippen LogP contribution in [0.5, 0.6) is 0 Å². The van der Waals surface area contributed by atoms with Gasteiger partial charge in [-0.25, -0.2) is 4.98 Å². The van der Waals surface area contributed by atoms with Crippen LogP contribution in [-0.4, -0.2) is 58.7 Å². The Kier molecular flexibility index (Phi) is 5.89. The molecule has 24 heavy (non-hydrogen) atoms. The van der Waals surface area contributed by atoms with Gasteiger partial charge in [0.15, 0.2) is 5.76 Å². The number of rotatable bonds is 6. The van der Waals surface area contributed by atoms with E-state index < -0.39 is 0 Å². The van der Waals surface area contributed by atoms with Gasteiger partial charge >= 0.3 is 0 Å². The number of halogens is 1. The van der Waals surface area contributed by atoms with E-state index in [1.807, 2.05) is 24.3 Å². The highest BCUT2D eigenvalue weighted by Gasteiger charge is 2.23. The molecule has 0 saturated carbocycles. The molecule has 1 saturated heterocycles. The van der Waals surface area contributed by atoms with Gasteiger partial charge in [0.25, 0.3) is 0 Å². The highest BCUT2D eigenvalue weighted by Crippen LogP contribution is 2.23. The van der Waals surface area contributed by atoms with Gasteiger partial charge in [-0.05, 0) is 30.7 Å². The van der Waals surface area contributed by atoms with Gasteiger partial charge < -0.3 is 9.52 Å². The van der Waals surface area contributed by atoms with Crippen molar-refractivity contribution < 1.29 is 9.52 Å². The maximum Gasteiger partial charge on any atom is 0.209 e. The molecule has 1 aromatic heterocycles. The molecule has 0 spiro atoms. The van der Waals surface area contributed by atoms with Crippen molar-refractivity contribution in [2.75, 3.05) is 32.8 Å². The molecule has 6 heteroatoms. The maximum absolute atomic E-state index is 9.42. The van der Waals surface area contributed by atoms with E-state index in [2.05, 4.69) is 21.7 Å². The van der Waals surface area contributed by atoms with Gasteiger partial charge in [-0.15, -0.1) is 0 Å². The largest absolute Gasteiger partial charge is 0.439 e. The lowest BCUT2D eigenvalue weighted by atomic mass is 10.1. The standard InChI is InChI=1S/C18H24ClN3O2/c1-2-16(13-23)22-9-7-21(8-10-22)12-18-20-11-17(24-18)14-3-5-15(19)6-4-14/h3-6,11,16,23H,2,7-10,12-13H2,1H3. The van der Waals surface area contributed by atoms with E-state index in [4.69, 9.17) is 16.0 Å². The van der Waals surface area contributed by atoms with Crippen LogP contribution in [0.25, 0.3) is 11.3 Å². The maximum atomic E-state index is 9.42. The third kappa shape index (κ3) is 4.16.